The van der Waals surface area contributed by atoms with Crippen LogP contribution in [-0.2, 0) is 4.79 Å². The zero-order valence-electron chi connectivity index (χ0n) is 10.8. The lowest BCUT2D eigenvalue weighted by atomic mass is 9.83. The smallest absolute Gasteiger partial charge is 0.313 e. The fraction of sp³-hybridized carbons (Fsp3) is 0.533. The van der Waals surface area contributed by atoms with E-state index >= 15 is 0 Å². The molecule has 0 saturated heterocycles. The van der Waals surface area contributed by atoms with Crippen LogP contribution in [0.4, 0.5) is 0 Å². The van der Waals surface area contributed by atoms with Crippen molar-refractivity contribution >= 4 is 17.7 Å². The zero-order valence-corrected chi connectivity index (χ0v) is 11.6. The SMILES string of the molecule is Cc1cccc([C@@H]2CCCC[C@H]2SCC(=O)O)c1. The maximum Gasteiger partial charge on any atom is 0.313 e. The Bertz CT molecular complexity index is 417. The van der Waals surface area contributed by atoms with Crippen LogP contribution in [0.25, 0.3) is 0 Å². The first-order valence-electron chi connectivity index (χ1n) is 6.57. The largest absolute Gasteiger partial charge is 0.481 e. The van der Waals surface area contributed by atoms with Crippen LogP contribution in [0, 0.1) is 6.92 Å². The summed E-state index contributed by atoms with van der Waals surface area (Å²) in [5.41, 5.74) is 2.68. The molecule has 1 fully saturated rings. The summed E-state index contributed by atoms with van der Waals surface area (Å²) in [6.45, 7) is 2.12. The highest BCUT2D eigenvalue weighted by Crippen LogP contribution is 2.40. The molecule has 2 atom stereocenters. The van der Waals surface area contributed by atoms with Crippen molar-refractivity contribution in [2.24, 2.45) is 0 Å². The van der Waals surface area contributed by atoms with Crippen LogP contribution in [0.3, 0.4) is 0 Å². The summed E-state index contributed by atoms with van der Waals surface area (Å²) in [4.78, 5) is 10.7. The number of hydrogen-bond acceptors (Lipinski definition) is 2. The monoisotopic (exact) mass is 264 g/mol. The minimum Gasteiger partial charge on any atom is -0.481 e. The molecule has 1 aromatic rings. The number of thioether (sulfide) groups is 1. The maximum absolute atomic E-state index is 10.7. The van der Waals surface area contributed by atoms with E-state index in [0.717, 1.165) is 6.42 Å². The van der Waals surface area contributed by atoms with E-state index in [-0.39, 0.29) is 5.75 Å². The molecule has 2 rings (SSSR count). The van der Waals surface area contributed by atoms with Crippen LogP contribution in [0.2, 0.25) is 0 Å². The first-order chi connectivity index (χ1) is 8.66. The summed E-state index contributed by atoms with van der Waals surface area (Å²) in [7, 11) is 0. The Balaban J connectivity index is 2.09. The summed E-state index contributed by atoms with van der Waals surface area (Å²) in [5, 5.41) is 9.29. The summed E-state index contributed by atoms with van der Waals surface area (Å²) in [6.07, 6.45) is 4.85. The number of aliphatic carboxylic acids is 1. The highest BCUT2D eigenvalue weighted by Gasteiger charge is 2.27. The van der Waals surface area contributed by atoms with Gasteiger partial charge in [-0.05, 0) is 31.2 Å². The van der Waals surface area contributed by atoms with E-state index in [1.165, 1.54) is 30.4 Å². The predicted molar refractivity (Wildman–Crippen MR) is 76.3 cm³/mol. The van der Waals surface area contributed by atoms with Gasteiger partial charge in [0.2, 0.25) is 0 Å². The van der Waals surface area contributed by atoms with E-state index in [9.17, 15) is 4.79 Å². The average Bonchev–Trinajstić information content (AvgIpc) is 2.36. The van der Waals surface area contributed by atoms with E-state index in [4.69, 9.17) is 5.11 Å². The Morgan fingerprint density at radius 3 is 2.89 bits per heavy atom. The quantitative estimate of drug-likeness (QED) is 0.897. The molecule has 2 nitrogen and oxygen atoms in total. The van der Waals surface area contributed by atoms with Crippen molar-refractivity contribution in [2.45, 2.75) is 43.8 Å². The van der Waals surface area contributed by atoms with Crippen molar-refractivity contribution in [2.75, 3.05) is 5.75 Å². The van der Waals surface area contributed by atoms with Crippen LogP contribution in [0.1, 0.15) is 42.7 Å². The van der Waals surface area contributed by atoms with Gasteiger partial charge in [-0.1, -0.05) is 42.7 Å². The van der Waals surface area contributed by atoms with Crippen LogP contribution in [-0.4, -0.2) is 22.1 Å². The van der Waals surface area contributed by atoms with Crippen molar-refractivity contribution < 1.29 is 9.90 Å². The van der Waals surface area contributed by atoms with Gasteiger partial charge in [-0.3, -0.25) is 4.79 Å². The molecule has 18 heavy (non-hydrogen) atoms. The topological polar surface area (TPSA) is 37.3 Å². The lowest BCUT2D eigenvalue weighted by Gasteiger charge is -2.31. The second kappa shape index (κ2) is 6.28. The van der Waals surface area contributed by atoms with Gasteiger partial charge in [-0.15, -0.1) is 11.8 Å². The third-order valence-electron chi connectivity index (χ3n) is 3.59. The van der Waals surface area contributed by atoms with Gasteiger partial charge in [0, 0.05) is 5.25 Å². The molecule has 1 N–H and O–H groups in total. The highest BCUT2D eigenvalue weighted by molar-refractivity contribution is 8.00. The Morgan fingerprint density at radius 1 is 1.39 bits per heavy atom. The van der Waals surface area contributed by atoms with E-state index in [1.54, 1.807) is 11.8 Å². The van der Waals surface area contributed by atoms with Crippen molar-refractivity contribution in [3.63, 3.8) is 0 Å². The average molecular weight is 264 g/mol. The molecule has 0 radical (unpaired) electrons. The summed E-state index contributed by atoms with van der Waals surface area (Å²) in [5.74, 6) is 0.0593. The van der Waals surface area contributed by atoms with Crippen molar-refractivity contribution in [1.82, 2.24) is 0 Å². The fourth-order valence-corrected chi connectivity index (χ4v) is 3.97. The van der Waals surface area contributed by atoms with Gasteiger partial charge in [-0.2, -0.15) is 0 Å². The van der Waals surface area contributed by atoms with Gasteiger partial charge in [0.25, 0.3) is 0 Å². The van der Waals surface area contributed by atoms with Crippen molar-refractivity contribution in [3.8, 4) is 0 Å². The minimum atomic E-state index is -0.700. The second-order valence-electron chi connectivity index (χ2n) is 5.05. The Labute approximate surface area is 113 Å². The molecule has 0 spiro atoms. The number of hydrogen-bond donors (Lipinski definition) is 1. The molecule has 1 saturated carbocycles. The lowest BCUT2D eigenvalue weighted by Crippen LogP contribution is -2.21. The number of aryl methyl sites for hydroxylation is 1. The Morgan fingerprint density at radius 2 is 2.17 bits per heavy atom. The Hall–Kier alpha value is -0.960. The number of carbonyl (C=O) groups is 1. The fourth-order valence-electron chi connectivity index (χ4n) is 2.76. The molecule has 1 aromatic carbocycles. The molecule has 0 amide bonds. The number of carboxylic acid groups (broad SMARTS) is 1. The van der Waals surface area contributed by atoms with Gasteiger partial charge < -0.3 is 5.11 Å². The molecule has 0 aromatic heterocycles. The number of benzene rings is 1. The zero-order chi connectivity index (χ0) is 13.0. The van der Waals surface area contributed by atoms with Crippen LogP contribution < -0.4 is 0 Å². The molecule has 0 aliphatic heterocycles. The van der Waals surface area contributed by atoms with E-state index in [1.807, 2.05) is 0 Å². The van der Waals surface area contributed by atoms with Crippen LogP contribution in [0.15, 0.2) is 24.3 Å². The minimum absolute atomic E-state index is 0.229. The molecular weight excluding hydrogens is 244 g/mol. The third kappa shape index (κ3) is 3.52. The normalized spacial score (nSPS) is 23.8. The summed E-state index contributed by atoms with van der Waals surface area (Å²) < 4.78 is 0. The maximum atomic E-state index is 10.7. The van der Waals surface area contributed by atoms with Gasteiger partial charge in [0.15, 0.2) is 0 Å². The molecule has 98 valence electrons. The summed E-state index contributed by atoms with van der Waals surface area (Å²) >= 11 is 1.61. The standard InChI is InChI=1S/C15H20O2S/c1-11-5-4-6-12(9-11)13-7-2-3-8-14(13)18-10-15(16)17/h4-6,9,13-14H,2-3,7-8,10H2,1H3,(H,16,17)/t13-,14+/m0/s1. The molecule has 0 unspecified atom stereocenters. The molecular formula is C15H20O2S. The first kappa shape index (κ1) is 13.5. The van der Waals surface area contributed by atoms with Crippen LogP contribution >= 0.6 is 11.8 Å². The molecule has 3 heteroatoms. The van der Waals surface area contributed by atoms with Crippen LogP contribution in [0.5, 0.6) is 0 Å². The first-order valence-corrected chi connectivity index (χ1v) is 7.61. The lowest BCUT2D eigenvalue weighted by molar-refractivity contribution is -0.133. The Kier molecular flexibility index (Phi) is 4.70. The molecule has 0 bridgehead atoms. The molecule has 1 aliphatic carbocycles. The van der Waals surface area contributed by atoms with Gasteiger partial charge >= 0.3 is 5.97 Å². The highest BCUT2D eigenvalue weighted by atomic mass is 32.2. The third-order valence-corrected chi connectivity index (χ3v) is 5.00. The number of carboxylic acids is 1. The number of rotatable bonds is 4. The van der Waals surface area contributed by atoms with Gasteiger partial charge in [0.05, 0.1) is 5.75 Å². The molecule has 1 aliphatic rings. The van der Waals surface area contributed by atoms with E-state index < -0.39 is 5.97 Å². The van der Waals surface area contributed by atoms with Crippen molar-refractivity contribution in [1.29, 1.82) is 0 Å². The van der Waals surface area contributed by atoms with Gasteiger partial charge in [-0.25, -0.2) is 0 Å². The van der Waals surface area contributed by atoms with Gasteiger partial charge in [0.1, 0.15) is 0 Å². The second-order valence-corrected chi connectivity index (χ2v) is 6.28. The van der Waals surface area contributed by atoms with E-state index in [2.05, 4.69) is 31.2 Å². The molecule has 0 heterocycles. The van der Waals surface area contributed by atoms with E-state index in [0.29, 0.717) is 11.2 Å². The van der Waals surface area contributed by atoms with Crippen molar-refractivity contribution in [3.05, 3.63) is 35.4 Å². The predicted octanol–water partition coefficient (Wildman–Crippen LogP) is 3.84. The summed E-state index contributed by atoms with van der Waals surface area (Å²) in [6, 6.07) is 8.67.